The minimum Gasteiger partial charge on any atom is -0.459 e. The van der Waals surface area contributed by atoms with Gasteiger partial charge in [0.2, 0.25) is 5.91 Å². The van der Waals surface area contributed by atoms with Crippen LogP contribution < -0.4 is 10.6 Å². The Morgan fingerprint density at radius 3 is 2.79 bits per heavy atom. The van der Waals surface area contributed by atoms with Crippen LogP contribution in [0.1, 0.15) is 57.3 Å². The molecule has 29 heavy (non-hydrogen) atoms. The van der Waals surface area contributed by atoms with Gasteiger partial charge in [-0.1, -0.05) is 30.9 Å². The van der Waals surface area contributed by atoms with E-state index in [0.717, 1.165) is 37.5 Å². The number of hydrogen-bond acceptors (Lipinski definition) is 4. The summed E-state index contributed by atoms with van der Waals surface area (Å²) in [7, 11) is 0. The number of imide groups is 1. The summed E-state index contributed by atoms with van der Waals surface area (Å²) in [6.07, 6.45) is 4.76. The first-order valence-electron chi connectivity index (χ1n) is 10.0. The largest absolute Gasteiger partial charge is 0.459 e. The summed E-state index contributed by atoms with van der Waals surface area (Å²) in [6, 6.07) is 5.52. The first kappa shape index (κ1) is 19.8. The molecule has 2 atom stereocenters. The number of benzene rings is 1. The molecule has 0 spiro atoms. The second-order valence-corrected chi connectivity index (χ2v) is 8.26. The van der Waals surface area contributed by atoms with Crippen LogP contribution in [0.3, 0.4) is 0 Å². The molecule has 2 fully saturated rings. The highest BCUT2D eigenvalue weighted by Gasteiger charge is 2.43. The molecule has 1 aliphatic heterocycles. The number of urea groups is 1. The Bertz CT molecular complexity index is 951. The molecule has 2 heterocycles. The van der Waals surface area contributed by atoms with Crippen LogP contribution in [0.25, 0.3) is 11.0 Å². The molecule has 1 aromatic carbocycles. The lowest BCUT2D eigenvalue weighted by molar-refractivity contribution is -0.132. The van der Waals surface area contributed by atoms with Crippen molar-refractivity contribution in [3.8, 4) is 0 Å². The summed E-state index contributed by atoms with van der Waals surface area (Å²) in [5, 5.41) is 6.97. The molecule has 2 aromatic rings. The van der Waals surface area contributed by atoms with Crippen LogP contribution in [-0.4, -0.2) is 34.8 Å². The first-order chi connectivity index (χ1) is 13.9. The zero-order chi connectivity index (χ0) is 20.5. The van der Waals surface area contributed by atoms with E-state index in [1.165, 1.54) is 4.90 Å². The molecule has 1 saturated heterocycles. The summed E-state index contributed by atoms with van der Waals surface area (Å²) < 4.78 is 5.77. The van der Waals surface area contributed by atoms with Crippen LogP contribution in [0.2, 0.25) is 5.02 Å². The van der Waals surface area contributed by atoms with E-state index in [9.17, 15) is 14.4 Å². The Balaban J connectivity index is 1.37. The lowest BCUT2D eigenvalue weighted by Gasteiger charge is -2.28. The molecular formula is C21H24ClN3O4. The van der Waals surface area contributed by atoms with E-state index in [1.54, 1.807) is 25.1 Å². The van der Waals surface area contributed by atoms with Crippen LogP contribution in [-0.2, 0) is 9.59 Å². The topological polar surface area (TPSA) is 91.7 Å². The molecule has 8 heteroatoms. The van der Waals surface area contributed by atoms with E-state index in [4.69, 9.17) is 16.0 Å². The summed E-state index contributed by atoms with van der Waals surface area (Å²) in [5.74, 6) is -0.0237. The third-order valence-electron chi connectivity index (χ3n) is 5.68. The van der Waals surface area contributed by atoms with Gasteiger partial charge < -0.3 is 15.1 Å². The van der Waals surface area contributed by atoms with E-state index < -0.39 is 6.04 Å². The third-order valence-corrected chi connectivity index (χ3v) is 5.92. The molecule has 4 amide bonds. The number of fused-ring (bicyclic) bond motifs is 1. The Morgan fingerprint density at radius 1 is 1.28 bits per heavy atom. The maximum absolute atomic E-state index is 12.7. The molecule has 1 aliphatic carbocycles. The van der Waals surface area contributed by atoms with Gasteiger partial charge in [0.05, 0.1) is 12.5 Å². The monoisotopic (exact) mass is 417 g/mol. The van der Waals surface area contributed by atoms with Crippen LogP contribution >= 0.6 is 11.6 Å². The Hall–Kier alpha value is -2.54. The summed E-state index contributed by atoms with van der Waals surface area (Å²) in [4.78, 5) is 38.8. The number of furan rings is 1. The second kappa shape index (κ2) is 8.06. The molecule has 2 N–H and O–H groups in total. The lowest BCUT2D eigenvalue weighted by atomic mass is 9.94. The van der Waals surface area contributed by atoms with E-state index in [-0.39, 0.29) is 36.3 Å². The van der Waals surface area contributed by atoms with Crippen molar-refractivity contribution in [2.75, 3.05) is 0 Å². The van der Waals surface area contributed by atoms with Gasteiger partial charge in [0.15, 0.2) is 0 Å². The van der Waals surface area contributed by atoms with Crippen LogP contribution in [0.15, 0.2) is 28.7 Å². The maximum atomic E-state index is 12.7. The van der Waals surface area contributed by atoms with Crippen molar-refractivity contribution in [1.82, 2.24) is 15.5 Å². The number of hydrogen-bond donors (Lipinski definition) is 2. The van der Waals surface area contributed by atoms with E-state index in [2.05, 4.69) is 10.6 Å². The normalized spacial score (nSPS) is 21.4. The minimum atomic E-state index is -0.814. The van der Waals surface area contributed by atoms with Crippen molar-refractivity contribution in [2.24, 2.45) is 0 Å². The first-order valence-corrected chi connectivity index (χ1v) is 10.4. The summed E-state index contributed by atoms with van der Waals surface area (Å²) >= 11 is 6.00. The van der Waals surface area contributed by atoms with E-state index >= 15 is 0 Å². The van der Waals surface area contributed by atoms with Gasteiger partial charge >= 0.3 is 6.03 Å². The quantitative estimate of drug-likeness (QED) is 0.721. The molecule has 2 unspecified atom stereocenters. The number of carbonyl (C=O) groups excluding carboxylic acids is 3. The molecule has 1 aromatic heterocycles. The minimum absolute atomic E-state index is 0.0504. The van der Waals surface area contributed by atoms with Crippen molar-refractivity contribution >= 4 is 40.4 Å². The van der Waals surface area contributed by atoms with Gasteiger partial charge in [0, 0.05) is 16.5 Å². The van der Waals surface area contributed by atoms with E-state index in [0.29, 0.717) is 16.4 Å². The molecule has 0 bridgehead atoms. The van der Waals surface area contributed by atoms with Crippen molar-refractivity contribution in [3.63, 3.8) is 0 Å². The number of nitrogens with one attached hydrogen (secondary N) is 2. The standard InChI is InChI=1S/C21H24ClN3O4/c1-12(18-10-13-9-14(22)7-8-17(13)29-18)23-19(26)11-16-20(27)25(21(28)24-16)15-5-3-2-4-6-15/h7-10,12,15-16H,2-6,11H2,1H3,(H,23,26)(H,24,28). The van der Waals surface area contributed by atoms with Gasteiger partial charge in [-0.3, -0.25) is 14.5 Å². The van der Waals surface area contributed by atoms with Gasteiger partial charge in [-0.05, 0) is 44.0 Å². The Labute approximate surface area is 173 Å². The Morgan fingerprint density at radius 2 is 2.03 bits per heavy atom. The molecule has 4 rings (SSSR count). The fourth-order valence-electron chi connectivity index (χ4n) is 4.18. The molecule has 154 valence electrons. The van der Waals surface area contributed by atoms with Gasteiger partial charge in [-0.25, -0.2) is 4.79 Å². The fourth-order valence-corrected chi connectivity index (χ4v) is 4.36. The molecule has 0 radical (unpaired) electrons. The van der Waals surface area contributed by atoms with Crippen molar-refractivity contribution in [2.45, 2.75) is 63.6 Å². The molecule has 7 nitrogen and oxygen atoms in total. The average Bonchev–Trinajstić information content (AvgIpc) is 3.23. The SMILES string of the molecule is CC(NC(=O)CC1NC(=O)N(C2CCCCC2)C1=O)c1cc2cc(Cl)ccc2o1. The van der Waals surface area contributed by atoms with Gasteiger partial charge in [-0.2, -0.15) is 0 Å². The van der Waals surface area contributed by atoms with Gasteiger partial charge in [0.25, 0.3) is 5.91 Å². The number of rotatable bonds is 5. The lowest BCUT2D eigenvalue weighted by Crippen LogP contribution is -2.42. The van der Waals surface area contributed by atoms with Crippen molar-refractivity contribution in [1.29, 1.82) is 0 Å². The summed E-state index contributed by atoms with van der Waals surface area (Å²) in [6.45, 7) is 1.81. The van der Waals surface area contributed by atoms with Gasteiger partial charge in [0.1, 0.15) is 17.4 Å². The van der Waals surface area contributed by atoms with Crippen molar-refractivity contribution in [3.05, 3.63) is 35.0 Å². The number of carbonyl (C=O) groups is 3. The number of halogens is 1. The van der Waals surface area contributed by atoms with Gasteiger partial charge in [-0.15, -0.1) is 0 Å². The van der Waals surface area contributed by atoms with Crippen molar-refractivity contribution < 1.29 is 18.8 Å². The fraction of sp³-hybridized carbons (Fsp3) is 0.476. The van der Waals surface area contributed by atoms with Crippen LogP contribution in [0, 0.1) is 0 Å². The molecular weight excluding hydrogens is 394 g/mol. The van der Waals surface area contributed by atoms with Crippen LogP contribution in [0.4, 0.5) is 4.79 Å². The zero-order valence-corrected chi connectivity index (χ0v) is 17.0. The van der Waals surface area contributed by atoms with E-state index in [1.807, 2.05) is 6.07 Å². The summed E-state index contributed by atoms with van der Waals surface area (Å²) in [5.41, 5.74) is 0.687. The molecule has 2 aliphatic rings. The predicted molar refractivity (Wildman–Crippen MR) is 108 cm³/mol. The average molecular weight is 418 g/mol. The number of amides is 4. The highest BCUT2D eigenvalue weighted by atomic mass is 35.5. The highest BCUT2D eigenvalue weighted by Crippen LogP contribution is 2.27. The second-order valence-electron chi connectivity index (χ2n) is 7.83. The smallest absolute Gasteiger partial charge is 0.325 e. The highest BCUT2D eigenvalue weighted by molar-refractivity contribution is 6.31. The zero-order valence-electron chi connectivity index (χ0n) is 16.2. The molecule has 1 saturated carbocycles. The van der Waals surface area contributed by atoms with Crippen LogP contribution in [0.5, 0.6) is 0 Å². The number of nitrogens with zero attached hydrogens (tertiary/aromatic N) is 1. The Kier molecular flexibility index (Phi) is 5.50. The third kappa shape index (κ3) is 4.10. The predicted octanol–water partition coefficient (Wildman–Crippen LogP) is 3.91. The maximum Gasteiger partial charge on any atom is 0.325 e.